The first-order valence-corrected chi connectivity index (χ1v) is 6.68. The predicted octanol–water partition coefficient (Wildman–Crippen LogP) is 3.80. The van der Waals surface area contributed by atoms with Crippen LogP contribution in [0.5, 0.6) is 0 Å². The zero-order valence-corrected chi connectivity index (χ0v) is 11.8. The fourth-order valence-corrected chi connectivity index (χ4v) is 1.90. The van der Waals surface area contributed by atoms with E-state index >= 15 is 0 Å². The van der Waals surface area contributed by atoms with Crippen LogP contribution in [0.1, 0.15) is 39.2 Å². The van der Waals surface area contributed by atoms with Gasteiger partial charge < -0.3 is 10.6 Å². The molecule has 0 heterocycles. The van der Waals surface area contributed by atoms with E-state index in [0.29, 0.717) is 5.92 Å². The van der Waals surface area contributed by atoms with E-state index in [1.165, 1.54) is 19.8 Å². The number of aryl methyl sites for hydroxylation is 1. The van der Waals surface area contributed by atoms with E-state index < -0.39 is 0 Å². The van der Waals surface area contributed by atoms with E-state index in [0.717, 1.165) is 23.5 Å². The molecule has 0 unspecified atom stereocenters. The number of carbonyl (C=O) groups is 1. The third-order valence-electron chi connectivity index (χ3n) is 3.30. The van der Waals surface area contributed by atoms with Gasteiger partial charge in [-0.3, -0.25) is 4.79 Å². The lowest BCUT2D eigenvalue weighted by atomic mass is 10.0. The lowest BCUT2D eigenvalue weighted by Crippen LogP contribution is -2.13. The molecule has 0 aliphatic carbocycles. The van der Waals surface area contributed by atoms with Crippen LogP contribution in [-0.2, 0) is 4.79 Å². The van der Waals surface area contributed by atoms with Gasteiger partial charge in [-0.05, 0) is 30.5 Å². The van der Waals surface area contributed by atoms with Gasteiger partial charge in [-0.15, -0.1) is 0 Å². The van der Waals surface area contributed by atoms with Crippen LogP contribution in [0.2, 0.25) is 0 Å². The number of amides is 1. The number of rotatable bonds is 6. The molecular formula is C15H24N2O. The van der Waals surface area contributed by atoms with Crippen molar-refractivity contribution in [3.63, 3.8) is 0 Å². The highest BCUT2D eigenvalue weighted by Crippen LogP contribution is 2.21. The molecular weight excluding hydrogens is 224 g/mol. The largest absolute Gasteiger partial charge is 0.385 e. The summed E-state index contributed by atoms with van der Waals surface area (Å²) in [5, 5.41) is 6.29. The van der Waals surface area contributed by atoms with Crippen LogP contribution in [0.25, 0.3) is 0 Å². The second-order valence-electron chi connectivity index (χ2n) is 4.77. The van der Waals surface area contributed by atoms with Crippen molar-refractivity contribution >= 4 is 17.3 Å². The molecule has 1 rings (SSSR count). The summed E-state index contributed by atoms with van der Waals surface area (Å²) in [5.74, 6) is 0.672. The van der Waals surface area contributed by atoms with E-state index in [1.807, 2.05) is 19.1 Å². The minimum Gasteiger partial charge on any atom is -0.385 e. The van der Waals surface area contributed by atoms with Gasteiger partial charge in [-0.1, -0.05) is 32.8 Å². The predicted molar refractivity (Wildman–Crippen MR) is 78.0 cm³/mol. The molecule has 3 nitrogen and oxygen atoms in total. The van der Waals surface area contributed by atoms with E-state index in [1.54, 1.807) is 0 Å². The zero-order valence-electron chi connectivity index (χ0n) is 11.8. The Balaban J connectivity index is 2.69. The Hall–Kier alpha value is -1.51. The van der Waals surface area contributed by atoms with E-state index in [9.17, 15) is 4.79 Å². The summed E-state index contributed by atoms with van der Waals surface area (Å²) < 4.78 is 0. The Morgan fingerprint density at radius 3 is 2.50 bits per heavy atom. The van der Waals surface area contributed by atoms with Gasteiger partial charge in [0, 0.05) is 24.8 Å². The van der Waals surface area contributed by atoms with Crippen molar-refractivity contribution in [2.24, 2.45) is 5.92 Å². The summed E-state index contributed by atoms with van der Waals surface area (Å²) in [5.41, 5.74) is 3.03. The molecule has 1 aromatic carbocycles. The second kappa shape index (κ2) is 7.04. The van der Waals surface area contributed by atoms with E-state index in [4.69, 9.17) is 0 Å². The first-order valence-electron chi connectivity index (χ1n) is 6.68. The van der Waals surface area contributed by atoms with Crippen molar-refractivity contribution in [3.8, 4) is 0 Å². The van der Waals surface area contributed by atoms with Gasteiger partial charge in [0.1, 0.15) is 0 Å². The Morgan fingerprint density at radius 2 is 1.94 bits per heavy atom. The van der Waals surface area contributed by atoms with E-state index in [-0.39, 0.29) is 5.91 Å². The molecule has 0 atom stereocenters. The molecule has 18 heavy (non-hydrogen) atoms. The van der Waals surface area contributed by atoms with Gasteiger partial charge in [0.05, 0.1) is 0 Å². The minimum atomic E-state index is -0.0322. The SMILES string of the molecule is CCC(CC)CNc1ccc(C)c(NC(C)=O)c1. The molecule has 0 aliphatic heterocycles. The van der Waals surface area contributed by atoms with Crippen LogP contribution in [0.4, 0.5) is 11.4 Å². The summed E-state index contributed by atoms with van der Waals surface area (Å²) in [7, 11) is 0. The number of benzene rings is 1. The topological polar surface area (TPSA) is 41.1 Å². The number of nitrogens with one attached hydrogen (secondary N) is 2. The normalized spacial score (nSPS) is 10.5. The van der Waals surface area contributed by atoms with Crippen molar-refractivity contribution in [2.45, 2.75) is 40.5 Å². The van der Waals surface area contributed by atoms with Gasteiger partial charge in [0.25, 0.3) is 0 Å². The highest BCUT2D eigenvalue weighted by atomic mass is 16.1. The summed E-state index contributed by atoms with van der Waals surface area (Å²) in [4.78, 5) is 11.1. The summed E-state index contributed by atoms with van der Waals surface area (Å²) in [6, 6.07) is 6.09. The summed E-state index contributed by atoms with van der Waals surface area (Å²) in [6.07, 6.45) is 2.38. The van der Waals surface area contributed by atoms with Crippen molar-refractivity contribution in [1.82, 2.24) is 0 Å². The van der Waals surface area contributed by atoms with Crippen LogP contribution in [0.15, 0.2) is 18.2 Å². The van der Waals surface area contributed by atoms with Crippen LogP contribution in [0.3, 0.4) is 0 Å². The number of carbonyl (C=O) groups excluding carboxylic acids is 1. The van der Waals surface area contributed by atoms with Gasteiger partial charge in [-0.25, -0.2) is 0 Å². The molecule has 100 valence electrons. The first kappa shape index (κ1) is 14.6. The van der Waals surface area contributed by atoms with Crippen molar-refractivity contribution in [1.29, 1.82) is 0 Å². The molecule has 0 fully saturated rings. The molecule has 0 saturated heterocycles. The zero-order chi connectivity index (χ0) is 13.5. The average molecular weight is 248 g/mol. The van der Waals surface area contributed by atoms with Crippen molar-refractivity contribution in [3.05, 3.63) is 23.8 Å². The van der Waals surface area contributed by atoms with Crippen molar-refractivity contribution in [2.75, 3.05) is 17.2 Å². The molecule has 2 N–H and O–H groups in total. The molecule has 0 aromatic heterocycles. The smallest absolute Gasteiger partial charge is 0.221 e. The van der Waals surface area contributed by atoms with Gasteiger partial charge in [-0.2, -0.15) is 0 Å². The fourth-order valence-electron chi connectivity index (χ4n) is 1.90. The maximum atomic E-state index is 11.1. The standard InChI is InChI=1S/C15H24N2O/c1-5-13(6-2)10-16-14-8-7-11(3)15(9-14)17-12(4)18/h7-9,13,16H,5-6,10H2,1-4H3,(H,17,18). The Labute approximate surface area is 110 Å². The molecule has 1 amide bonds. The molecule has 0 radical (unpaired) electrons. The number of hydrogen-bond acceptors (Lipinski definition) is 2. The molecule has 1 aromatic rings. The lowest BCUT2D eigenvalue weighted by Gasteiger charge is -2.15. The minimum absolute atomic E-state index is 0.0322. The van der Waals surface area contributed by atoms with Gasteiger partial charge >= 0.3 is 0 Å². The van der Waals surface area contributed by atoms with Gasteiger partial charge in [0.2, 0.25) is 5.91 Å². The average Bonchev–Trinajstić information content (AvgIpc) is 2.33. The Bertz CT molecular complexity index is 397. The molecule has 0 bridgehead atoms. The maximum Gasteiger partial charge on any atom is 0.221 e. The Morgan fingerprint density at radius 1 is 1.28 bits per heavy atom. The monoisotopic (exact) mass is 248 g/mol. The molecule has 0 aliphatic rings. The molecule has 0 spiro atoms. The third-order valence-corrected chi connectivity index (χ3v) is 3.30. The fraction of sp³-hybridized carbons (Fsp3) is 0.533. The number of hydrogen-bond donors (Lipinski definition) is 2. The van der Waals surface area contributed by atoms with Crippen molar-refractivity contribution < 1.29 is 4.79 Å². The highest BCUT2D eigenvalue weighted by Gasteiger charge is 2.05. The maximum absolute atomic E-state index is 11.1. The summed E-state index contributed by atoms with van der Waals surface area (Å²) >= 11 is 0. The lowest BCUT2D eigenvalue weighted by molar-refractivity contribution is -0.114. The number of anilines is 2. The second-order valence-corrected chi connectivity index (χ2v) is 4.77. The van der Waals surface area contributed by atoms with E-state index in [2.05, 4.69) is 30.5 Å². The molecule has 3 heteroatoms. The first-order chi connectivity index (χ1) is 8.56. The third kappa shape index (κ3) is 4.40. The van der Waals surface area contributed by atoms with Crippen LogP contribution >= 0.6 is 0 Å². The quantitative estimate of drug-likeness (QED) is 0.804. The van der Waals surface area contributed by atoms with Crippen LogP contribution in [-0.4, -0.2) is 12.5 Å². The summed E-state index contributed by atoms with van der Waals surface area (Å²) in [6.45, 7) is 8.94. The molecule has 0 saturated carbocycles. The van der Waals surface area contributed by atoms with Gasteiger partial charge in [0.15, 0.2) is 0 Å². The highest BCUT2D eigenvalue weighted by molar-refractivity contribution is 5.90. The van der Waals surface area contributed by atoms with Crippen LogP contribution < -0.4 is 10.6 Å². The van der Waals surface area contributed by atoms with Crippen LogP contribution in [0, 0.1) is 12.8 Å². The Kier molecular flexibility index (Phi) is 5.69.